The molecule has 204 valence electrons. The lowest BCUT2D eigenvalue weighted by Gasteiger charge is -2.37. The van der Waals surface area contributed by atoms with Gasteiger partial charge in [-0.15, -0.1) is 0 Å². The van der Waals surface area contributed by atoms with Crippen LogP contribution in [-0.2, 0) is 6.54 Å². The number of rotatable bonds is 7. The van der Waals surface area contributed by atoms with Crippen molar-refractivity contribution in [1.82, 2.24) is 24.3 Å². The molecule has 2 saturated carbocycles. The van der Waals surface area contributed by atoms with Crippen molar-refractivity contribution >= 4 is 27.8 Å². The standard InChI is InChI=1S/C30H42N6O2/c1-20(2)35-14-12-34(13-15-35)19-22-6-7-24-25(16-22)28(37)36(23-8-10-30(3,38)11-9-23)27-26(24)18-32-29(33-27)31-17-21-4-5-21/h6-7,16,18,20-21,23,38H,4-5,8-15,17,19H2,1-3H3,(H,31,32,33). The minimum Gasteiger partial charge on any atom is -0.390 e. The zero-order valence-electron chi connectivity index (χ0n) is 23.1. The quantitative estimate of drug-likeness (QED) is 0.454. The van der Waals surface area contributed by atoms with Gasteiger partial charge in [-0.1, -0.05) is 12.1 Å². The fourth-order valence-electron chi connectivity index (χ4n) is 6.23. The maximum Gasteiger partial charge on any atom is 0.260 e. The Morgan fingerprint density at radius 3 is 2.47 bits per heavy atom. The first-order valence-corrected chi connectivity index (χ1v) is 14.5. The largest absolute Gasteiger partial charge is 0.390 e. The summed E-state index contributed by atoms with van der Waals surface area (Å²) in [6, 6.07) is 6.96. The average Bonchev–Trinajstić information content (AvgIpc) is 3.73. The van der Waals surface area contributed by atoms with Gasteiger partial charge in [0.2, 0.25) is 5.95 Å². The summed E-state index contributed by atoms with van der Waals surface area (Å²) in [4.78, 5) is 28.7. The maximum atomic E-state index is 14.2. The highest BCUT2D eigenvalue weighted by atomic mass is 16.3. The van der Waals surface area contributed by atoms with Crippen molar-refractivity contribution in [3.05, 3.63) is 40.3 Å². The van der Waals surface area contributed by atoms with Crippen LogP contribution in [0.4, 0.5) is 5.95 Å². The molecule has 8 nitrogen and oxygen atoms in total. The number of anilines is 1. The van der Waals surface area contributed by atoms with Crippen molar-refractivity contribution in [2.75, 3.05) is 38.0 Å². The number of nitrogens with one attached hydrogen (secondary N) is 1. The Balaban J connectivity index is 1.37. The molecule has 1 aliphatic heterocycles. The Hall–Kier alpha value is -2.55. The Morgan fingerprint density at radius 1 is 1.05 bits per heavy atom. The fourth-order valence-corrected chi connectivity index (χ4v) is 6.23. The number of piperazine rings is 1. The van der Waals surface area contributed by atoms with E-state index in [1.807, 2.05) is 17.7 Å². The van der Waals surface area contributed by atoms with E-state index in [4.69, 9.17) is 4.98 Å². The van der Waals surface area contributed by atoms with Gasteiger partial charge < -0.3 is 10.4 Å². The van der Waals surface area contributed by atoms with E-state index in [0.29, 0.717) is 36.4 Å². The van der Waals surface area contributed by atoms with Gasteiger partial charge in [0, 0.05) is 68.3 Å². The van der Waals surface area contributed by atoms with Crippen LogP contribution in [0.1, 0.15) is 70.9 Å². The maximum absolute atomic E-state index is 14.2. The highest BCUT2D eigenvalue weighted by Gasteiger charge is 2.31. The molecule has 2 N–H and O–H groups in total. The highest BCUT2D eigenvalue weighted by Crippen LogP contribution is 2.36. The second-order valence-corrected chi connectivity index (χ2v) is 12.4. The van der Waals surface area contributed by atoms with E-state index in [1.54, 1.807) is 0 Å². The Morgan fingerprint density at radius 2 is 1.79 bits per heavy atom. The molecule has 3 fully saturated rings. The van der Waals surface area contributed by atoms with Crippen molar-refractivity contribution in [2.45, 2.75) is 83.5 Å². The molecule has 6 rings (SSSR count). The molecular weight excluding hydrogens is 476 g/mol. The third-order valence-corrected chi connectivity index (χ3v) is 9.01. The second kappa shape index (κ2) is 10.2. The van der Waals surface area contributed by atoms with Crippen LogP contribution in [-0.4, -0.2) is 73.8 Å². The molecule has 0 atom stereocenters. The highest BCUT2D eigenvalue weighted by molar-refractivity contribution is 6.04. The molecular formula is C30H42N6O2. The smallest absolute Gasteiger partial charge is 0.260 e. The van der Waals surface area contributed by atoms with Gasteiger partial charge in [0.25, 0.3) is 5.56 Å². The van der Waals surface area contributed by atoms with Gasteiger partial charge in [0.1, 0.15) is 5.65 Å². The molecule has 2 aromatic heterocycles. The Labute approximate surface area is 225 Å². The molecule has 2 aliphatic carbocycles. The molecule has 0 bridgehead atoms. The molecule has 3 aromatic rings. The Bertz CT molecular complexity index is 1360. The molecule has 1 saturated heterocycles. The monoisotopic (exact) mass is 518 g/mol. The van der Waals surface area contributed by atoms with E-state index in [-0.39, 0.29) is 11.6 Å². The molecule has 8 heteroatoms. The van der Waals surface area contributed by atoms with Crippen LogP contribution in [0.25, 0.3) is 21.8 Å². The Kier molecular flexibility index (Phi) is 6.91. The number of hydrogen-bond donors (Lipinski definition) is 2. The zero-order chi connectivity index (χ0) is 26.4. The lowest BCUT2D eigenvalue weighted by atomic mass is 9.83. The van der Waals surface area contributed by atoms with E-state index in [2.05, 4.69) is 52.1 Å². The number of hydrogen-bond acceptors (Lipinski definition) is 7. The molecule has 3 heterocycles. The number of nitrogens with zero attached hydrogens (tertiary/aromatic N) is 5. The third-order valence-electron chi connectivity index (χ3n) is 9.01. The van der Waals surface area contributed by atoms with Crippen LogP contribution in [0.5, 0.6) is 0 Å². The number of pyridine rings is 1. The first kappa shape index (κ1) is 25.7. The van der Waals surface area contributed by atoms with Gasteiger partial charge in [0.15, 0.2) is 0 Å². The molecule has 0 radical (unpaired) electrons. The van der Waals surface area contributed by atoms with Crippen molar-refractivity contribution in [3.63, 3.8) is 0 Å². The topological polar surface area (TPSA) is 86.5 Å². The van der Waals surface area contributed by atoms with E-state index in [9.17, 15) is 9.90 Å². The summed E-state index contributed by atoms with van der Waals surface area (Å²) in [7, 11) is 0. The van der Waals surface area contributed by atoms with Crippen LogP contribution in [0.2, 0.25) is 0 Å². The van der Waals surface area contributed by atoms with Crippen LogP contribution >= 0.6 is 0 Å². The van der Waals surface area contributed by atoms with E-state index in [1.165, 1.54) is 18.4 Å². The summed E-state index contributed by atoms with van der Waals surface area (Å²) < 4.78 is 1.92. The molecule has 0 spiro atoms. The summed E-state index contributed by atoms with van der Waals surface area (Å²) in [5.41, 5.74) is 1.25. The van der Waals surface area contributed by atoms with Crippen LogP contribution in [0, 0.1) is 5.92 Å². The van der Waals surface area contributed by atoms with Gasteiger partial charge in [-0.25, -0.2) is 4.98 Å². The SMILES string of the molecule is CC(C)N1CCN(Cc2ccc3c(c2)c(=O)n(C2CCC(C)(O)CC2)c2nc(NCC4CC4)ncc32)CC1. The summed E-state index contributed by atoms with van der Waals surface area (Å²) in [5.74, 6) is 1.30. The second-order valence-electron chi connectivity index (χ2n) is 12.4. The molecule has 3 aliphatic rings. The van der Waals surface area contributed by atoms with Gasteiger partial charge >= 0.3 is 0 Å². The number of benzene rings is 1. The molecule has 1 aromatic carbocycles. The number of fused-ring (bicyclic) bond motifs is 3. The van der Waals surface area contributed by atoms with Crippen molar-refractivity contribution < 1.29 is 5.11 Å². The minimum atomic E-state index is -0.661. The summed E-state index contributed by atoms with van der Waals surface area (Å²) in [5, 5.41) is 16.6. The molecule has 0 amide bonds. The fraction of sp³-hybridized carbons (Fsp3) is 0.633. The normalized spacial score (nSPS) is 25.4. The lowest BCUT2D eigenvalue weighted by molar-refractivity contribution is 0.0100. The van der Waals surface area contributed by atoms with Crippen molar-refractivity contribution in [2.24, 2.45) is 5.92 Å². The summed E-state index contributed by atoms with van der Waals surface area (Å²) in [6.45, 7) is 12.4. The predicted molar refractivity (Wildman–Crippen MR) is 153 cm³/mol. The van der Waals surface area contributed by atoms with Gasteiger partial charge in [-0.05, 0) is 82.2 Å². The lowest BCUT2D eigenvalue weighted by Crippen LogP contribution is -2.48. The van der Waals surface area contributed by atoms with Crippen LogP contribution in [0.3, 0.4) is 0 Å². The molecule has 0 unspecified atom stereocenters. The molecule has 38 heavy (non-hydrogen) atoms. The first-order chi connectivity index (χ1) is 18.3. The van der Waals surface area contributed by atoms with Gasteiger partial charge in [-0.2, -0.15) is 4.98 Å². The first-order valence-electron chi connectivity index (χ1n) is 14.5. The summed E-state index contributed by atoms with van der Waals surface area (Å²) in [6.07, 6.45) is 7.30. The predicted octanol–water partition coefficient (Wildman–Crippen LogP) is 4.16. The third kappa shape index (κ3) is 5.31. The number of aromatic nitrogens is 3. The zero-order valence-corrected chi connectivity index (χ0v) is 23.1. The minimum absolute atomic E-state index is 0.0218. The number of aliphatic hydroxyl groups is 1. The van der Waals surface area contributed by atoms with E-state index < -0.39 is 5.60 Å². The van der Waals surface area contributed by atoms with Crippen molar-refractivity contribution in [3.8, 4) is 0 Å². The van der Waals surface area contributed by atoms with E-state index in [0.717, 1.165) is 68.3 Å². The van der Waals surface area contributed by atoms with Gasteiger partial charge in [0.05, 0.1) is 5.60 Å². The van der Waals surface area contributed by atoms with Crippen molar-refractivity contribution in [1.29, 1.82) is 0 Å². The van der Waals surface area contributed by atoms with E-state index >= 15 is 0 Å². The summed E-state index contributed by atoms with van der Waals surface area (Å²) >= 11 is 0. The van der Waals surface area contributed by atoms with Crippen LogP contribution < -0.4 is 10.9 Å². The average molecular weight is 519 g/mol. The van der Waals surface area contributed by atoms with Gasteiger partial charge in [-0.3, -0.25) is 19.2 Å². The van der Waals surface area contributed by atoms with Crippen LogP contribution in [0.15, 0.2) is 29.2 Å².